The average molecular weight is 424 g/mol. The van der Waals surface area contributed by atoms with Crippen molar-refractivity contribution in [3.63, 3.8) is 0 Å². The molecule has 1 aliphatic rings. The predicted molar refractivity (Wildman–Crippen MR) is 117 cm³/mol. The normalized spacial score (nSPS) is 14.4. The Morgan fingerprint density at radius 3 is 2.47 bits per heavy atom. The second kappa shape index (κ2) is 9.80. The monoisotopic (exact) mass is 423 g/mol. The lowest BCUT2D eigenvalue weighted by Gasteiger charge is -2.21. The molecule has 6 nitrogen and oxygen atoms in total. The Morgan fingerprint density at radius 1 is 1.03 bits per heavy atom. The number of aromatic nitrogens is 3. The number of esters is 1. The van der Waals surface area contributed by atoms with Crippen molar-refractivity contribution in [1.82, 2.24) is 14.8 Å². The summed E-state index contributed by atoms with van der Waals surface area (Å²) in [4.78, 5) is 12.4. The van der Waals surface area contributed by atoms with E-state index in [2.05, 4.69) is 10.2 Å². The first kappa shape index (κ1) is 20.5. The fourth-order valence-corrected chi connectivity index (χ4v) is 4.36. The smallest absolute Gasteiger partial charge is 0.316 e. The molecule has 2 aromatic carbocycles. The van der Waals surface area contributed by atoms with Gasteiger partial charge in [-0.15, -0.1) is 10.2 Å². The SMILES string of the molecule is COc1ccc(-n2c(SCC(=O)OC3CCCCC3)nnc2-c2ccccc2)cc1. The van der Waals surface area contributed by atoms with Crippen LogP contribution in [0.25, 0.3) is 17.1 Å². The van der Waals surface area contributed by atoms with Crippen molar-refractivity contribution < 1.29 is 14.3 Å². The lowest BCUT2D eigenvalue weighted by Crippen LogP contribution is -2.22. The number of carbonyl (C=O) groups is 1. The van der Waals surface area contributed by atoms with Crippen LogP contribution < -0.4 is 4.74 Å². The summed E-state index contributed by atoms with van der Waals surface area (Å²) in [6, 6.07) is 17.6. The van der Waals surface area contributed by atoms with Gasteiger partial charge in [-0.1, -0.05) is 48.5 Å². The van der Waals surface area contributed by atoms with Gasteiger partial charge in [0.15, 0.2) is 11.0 Å². The Labute approximate surface area is 180 Å². The highest BCUT2D eigenvalue weighted by molar-refractivity contribution is 7.99. The molecule has 0 atom stereocenters. The molecule has 1 saturated carbocycles. The lowest BCUT2D eigenvalue weighted by molar-refractivity contribution is -0.147. The van der Waals surface area contributed by atoms with Gasteiger partial charge in [0.2, 0.25) is 0 Å². The van der Waals surface area contributed by atoms with E-state index in [4.69, 9.17) is 9.47 Å². The molecule has 0 aliphatic heterocycles. The molecule has 1 heterocycles. The van der Waals surface area contributed by atoms with Crippen LogP contribution in [0.5, 0.6) is 5.75 Å². The van der Waals surface area contributed by atoms with Crippen molar-refractivity contribution in [2.45, 2.75) is 43.4 Å². The van der Waals surface area contributed by atoms with Gasteiger partial charge in [-0.3, -0.25) is 9.36 Å². The Balaban J connectivity index is 1.56. The predicted octanol–water partition coefficient (Wildman–Crippen LogP) is 4.91. The van der Waals surface area contributed by atoms with Gasteiger partial charge in [0.1, 0.15) is 11.9 Å². The number of benzene rings is 2. The minimum absolute atomic E-state index is 0.0613. The molecule has 156 valence electrons. The van der Waals surface area contributed by atoms with Crippen molar-refractivity contribution in [3.8, 4) is 22.8 Å². The molecule has 0 bridgehead atoms. The van der Waals surface area contributed by atoms with Crippen LogP contribution in [0.2, 0.25) is 0 Å². The van der Waals surface area contributed by atoms with Gasteiger partial charge < -0.3 is 9.47 Å². The number of hydrogen-bond donors (Lipinski definition) is 0. The third-order valence-corrected chi connectivity index (χ3v) is 6.07. The summed E-state index contributed by atoms with van der Waals surface area (Å²) in [7, 11) is 1.64. The maximum Gasteiger partial charge on any atom is 0.316 e. The number of carbonyl (C=O) groups excluding carboxylic acids is 1. The number of rotatable bonds is 7. The fourth-order valence-electron chi connectivity index (χ4n) is 3.63. The molecule has 7 heteroatoms. The first-order valence-electron chi connectivity index (χ1n) is 10.2. The Hall–Kier alpha value is -2.80. The molecule has 0 amide bonds. The average Bonchev–Trinajstić information content (AvgIpc) is 3.23. The maximum atomic E-state index is 12.4. The Kier molecular flexibility index (Phi) is 6.69. The molecule has 0 saturated heterocycles. The van der Waals surface area contributed by atoms with Crippen LogP contribution in [-0.2, 0) is 9.53 Å². The van der Waals surface area contributed by atoms with Crippen LogP contribution in [0.3, 0.4) is 0 Å². The van der Waals surface area contributed by atoms with E-state index in [1.165, 1.54) is 18.2 Å². The van der Waals surface area contributed by atoms with Gasteiger partial charge in [0, 0.05) is 11.3 Å². The summed E-state index contributed by atoms with van der Waals surface area (Å²) in [6.45, 7) is 0. The highest BCUT2D eigenvalue weighted by Gasteiger charge is 2.20. The van der Waals surface area contributed by atoms with Gasteiger partial charge in [-0.2, -0.15) is 0 Å². The third kappa shape index (κ3) is 4.84. The molecule has 0 spiro atoms. The summed E-state index contributed by atoms with van der Waals surface area (Å²) in [6.07, 6.45) is 5.50. The zero-order chi connectivity index (χ0) is 20.8. The van der Waals surface area contributed by atoms with E-state index < -0.39 is 0 Å². The molecule has 1 aromatic heterocycles. The summed E-state index contributed by atoms with van der Waals surface area (Å²) in [5.74, 6) is 1.51. The summed E-state index contributed by atoms with van der Waals surface area (Å²) >= 11 is 1.35. The highest BCUT2D eigenvalue weighted by atomic mass is 32.2. The number of thioether (sulfide) groups is 1. The zero-order valence-corrected chi connectivity index (χ0v) is 17.8. The Morgan fingerprint density at radius 2 is 1.77 bits per heavy atom. The van der Waals surface area contributed by atoms with Gasteiger partial charge in [0.05, 0.1) is 12.9 Å². The molecule has 1 aliphatic carbocycles. The molecule has 30 heavy (non-hydrogen) atoms. The minimum Gasteiger partial charge on any atom is -0.497 e. The zero-order valence-electron chi connectivity index (χ0n) is 17.0. The van der Waals surface area contributed by atoms with Crippen LogP contribution in [0.1, 0.15) is 32.1 Å². The number of nitrogens with zero attached hydrogens (tertiary/aromatic N) is 3. The fraction of sp³-hybridized carbons (Fsp3) is 0.348. The van der Waals surface area contributed by atoms with Gasteiger partial charge in [0.25, 0.3) is 0 Å². The van der Waals surface area contributed by atoms with Crippen molar-refractivity contribution in [1.29, 1.82) is 0 Å². The molecular formula is C23H25N3O3S. The molecule has 0 unspecified atom stereocenters. The van der Waals surface area contributed by atoms with E-state index in [1.54, 1.807) is 7.11 Å². The number of hydrogen-bond acceptors (Lipinski definition) is 6. The maximum absolute atomic E-state index is 12.4. The van der Waals surface area contributed by atoms with E-state index >= 15 is 0 Å². The molecule has 3 aromatic rings. The van der Waals surface area contributed by atoms with E-state index in [0.717, 1.165) is 48.5 Å². The van der Waals surface area contributed by atoms with Crippen molar-refractivity contribution in [2.75, 3.05) is 12.9 Å². The Bertz CT molecular complexity index is 967. The molecule has 4 rings (SSSR count). The quantitative estimate of drug-likeness (QED) is 0.397. The van der Waals surface area contributed by atoms with Gasteiger partial charge in [-0.25, -0.2) is 0 Å². The van der Waals surface area contributed by atoms with Crippen LogP contribution in [-0.4, -0.2) is 39.7 Å². The number of ether oxygens (including phenoxy) is 2. The molecule has 0 radical (unpaired) electrons. The van der Waals surface area contributed by atoms with Crippen molar-refractivity contribution in [3.05, 3.63) is 54.6 Å². The van der Waals surface area contributed by atoms with E-state index in [9.17, 15) is 4.79 Å². The largest absolute Gasteiger partial charge is 0.497 e. The summed E-state index contributed by atoms with van der Waals surface area (Å²) in [5.41, 5.74) is 1.86. The van der Waals surface area contributed by atoms with E-state index in [-0.39, 0.29) is 17.8 Å². The second-order valence-corrected chi connectivity index (χ2v) is 8.19. The summed E-state index contributed by atoms with van der Waals surface area (Å²) < 4.78 is 12.9. The van der Waals surface area contributed by atoms with Crippen molar-refractivity contribution >= 4 is 17.7 Å². The summed E-state index contributed by atoms with van der Waals surface area (Å²) in [5, 5.41) is 9.43. The lowest BCUT2D eigenvalue weighted by atomic mass is 9.98. The second-order valence-electron chi connectivity index (χ2n) is 7.24. The minimum atomic E-state index is -0.197. The molecular weight excluding hydrogens is 398 g/mol. The molecule has 1 fully saturated rings. The van der Waals surface area contributed by atoms with E-state index in [0.29, 0.717) is 5.16 Å². The molecule has 0 N–H and O–H groups in total. The highest BCUT2D eigenvalue weighted by Crippen LogP contribution is 2.29. The van der Waals surface area contributed by atoms with Crippen LogP contribution in [0.15, 0.2) is 59.8 Å². The van der Waals surface area contributed by atoms with Crippen LogP contribution >= 0.6 is 11.8 Å². The number of methoxy groups -OCH3 is 1. The van der Waals surface area contributed by atoms with Gasteiger partial charge in [-0.05, 0) is 49.9 Å². The van der Waals surface area contributed by atoms with Gasteiger partial charge >= 0.3 is 5.97 Å². The van der Waals surface area contributed by atoms with E-state index in [1.807, 2.05) is 59.2 Å². The van der Waals surface area contributed by atoms with Crippen LogP contribution in [0.4, 0.5) is 0 Å². The first-order chi connectivity index (χ1) is 14.7. The first-order valence-corrected chi connectivity index (χ1v) is 11.2. The van der Waals surface area contributed by atoms with Crippen LogP contribution in [0, 0.1) is 0 Å². The topological polar surface area (TPSA) is 66.2 Å². The van der Waals surface area contributed by atoms with Crippen molar-refractivity contribution in [2.24, 2.45) is 0 Å². The standard InChI is InChI=1S/C23H25N3O3S/c1-28-19-14-12-18(13-15-19)26-22(17-8-4-2-5-9-17)24-25-23(26)30-16-21(27)29-20-10-6-3-7-11-20/h2,4-5,8-9,12-15,20H,3,6-7,10-11,16H2,1H3. The third-order valence-electron chi connectivity index (χ3n) is 5.17.